The van der Waals surface area contributed by atoms with Gasteiger partial charge in [-0.05, 0) is 24.1 Å². The van der Waals surface area contributed by atoms with Crippen LogP contribution in [0.15, 0.2) is 42.5 Å². The first kappa shape index (κ1) is 19.4. The highest BCUT2D eigenvalue weighted by molar-refractivity contribution is 8.00. The fourth-order valence-corrected chi connectivity index (χ4v) is 4.19. The van der Waals surface area contributed by atoms with Gasteiger partial charge in [0.2, 0.25) is 11.8 Å². The van der Waals surface area contributed by atoms with Crippen LogP contribution in [0.4, 0.5) is 20.2 Å². The van der Waals surface area contributed by atoms with Gasteiger partial charge in [0.25, 0.3) is 0 Å². The molecule has 1 heterocycles. The molecule has 0 saturated carbocycles. The number of hydrogen-bond donors (Lipinski definition) is 1. The van der Waals surface area contributed by atoms with Crippen molar-refractivity contribution in [2.75, 3.05) is 16.0 Å². The Kier molecular flexibility index (Phi) is 5.79. The number of para-hydroxylation sites is 1. The van der Waals surface area contributed by atoms with Crippen molar-refractivity contribution in [3.05, 3.63) is 59.7 Å². The molecule has 1 aliphatic heterocycles. The normalized spacial score (nSPS) is 16.9. The maximum absolute atomic E-state index is 14.3. The Bertz CT molecular complexity index is 873. The minimum Gasteiger partial charge on any atom is -0.326 e. The summed E-state index contributed by atoms with van der Waals surface area (Å²) in [4.78, 5) is 25.9. The van der Waals surface area contributed by atoms with E-state index in [0.29, 0.717) is 17.7 Å². The van der Waals surface area contributed by atoms with E-state index < -0.39 is 17.0 Å². The summed E-state index contributed by atoms with van der Waals surface area (Å²) in [5.41, 5.74) is 1.14. The maximum atomic E-state index is 14.3. The number of anilines is 2. The lowest BCUT2D eigenvalue weighted by molar-refractivity contribution is -0.117. The van der Waals surface area contributed by atoms with E-state index in [1.807, 2.05) is 13.8 Å². The SMILES string of the molecule is CC(C)CC(=O)Nc1ccccc1[C@H]1SCC(=O)N1c1cc(F)ccc1F. The summed E-state index contributed by atoms with van der Waals surface area (Å²) >= 11 is 1.31. The molecule has 3 rings (SSSR count). The molecule has 1 fully saturated rings. The average molecular weight is 390 g/mol. The summed E-state index contributed by atoms with van der Waals surface area (Å²) in [6, 6.07) is 10.1. The third kappa shape index (κ3) is 4.30. The van der Waals surface area contributed by atoms with Crippen molar-refractivity contribution in [2.24, 2.45) is 5.92 Å². The number of amides is 2. The van der Waals surface area contributed by atoms with Crippen LogP contribution in [0, 0.1) is 17.6 Å². The Labute approximate surface area is 160 Å². The lowest BCUT2D eigenvalue weighted by Gasteiger charge is -2.26. The maximum Gasteiger partial charge on any atom is 0.238 e. The minimum atomic E-state index is -0.668. The predicted octanol–water partition coefficient (Wildman–Crippen LogP) is 4.73. The van der Waals surface area contributed by atoms with Crippen LogP contribution in [0.3, 0.4) is 0 Å². The van der Waals surface area contributed by atoms with E-state index in [1.54, 1.807) is 24.3 Å². The van der Waals surface area contributed by atoms with Crippen LogP contribution < -0.4 is 10.2 Å². The second-order valence-electron chi connectivity index (χ2n) is 6.76. The zero-order valence-corrected chi connectivity index (χ0v) is 15.9. The van der Waals surface area contributed by atoms with E-state index in [4.69, 9.17) is 0 Å². The number of nitrogens with one attached hydrogen (secondary N) is 1. The van der Waals surface area contributed by atoms with Gasteiger partial charge in [-0.3, -0.25) is 14.5 Å². The molecule has 2 amide bonds. The summed E-state index contributed by atoms with van der Waals surface area (Å²) in [6.07, 6.45) is 0.368. The number of carbonyl (C=O) groups is 2. The van der Waals surface area contributed by atoms with Gasteiger partial charge in [-0.1, -0.05) is 32.0 Å². The Balaban J connectivity index is 1.96. The molecule has 0 radical (unpaired) electrons. The molecule has 7 heteroatoms. The molecule has 0 spiro atoms. The van der Waals surface area contributed by atoms with E-state index in [1.165, 1.54) is 16.7 Å². The molecule has 1 saturated heterocycles. The van der Waals surface area contributed by atoms with Crippen LogP contribution in [0.2, 0.25) is 0 Å². The fourth-order valence-electron chi connectivity index (χ4n) is 2.98. The molecule has 142 valence electrons. The van der Waals surface area contributed by atoms with E-state index in [2.05, 4.69) is 5.32 Å². The smallest absolute Gasteiger partial charge is 0.238 e. The second-order valence-corrected chi connectivity index (χ2v) is 7.82. The van der Waals surface area contributed by atoms with Crippen LogP contribution in [0.25, 0.3) is 0 Å². The fraction of sp³-hybridized carbons (Fsp3) is 0.300. The largest absolute Gasteiger partial charge is 0.326 e. The minimum absolute atomic E-state index is 0.0988. The van der Waals surface area contributed by atoms with Gasteiger partial charge < -0.3 is 5.32 Å². The first-order chi connectivity index (χ1) is 12.9. The van der Waals surface area contributed by atoms with Crippen LogP contribution in [-0.4, -0.2) is 17.6 Å². The lowest BCUT2D eigenvalue weighted by Crippen LogP contribution is -2.29. The molecule has 0 aliphatic carbocycles. The third-order valence-electron chi connectivity index (χ3n) is 4.13. The Morgan fingerprint density at radius 2 is 2.00 bits per heavy atom. The predicted molar refractivity (Wildman–Crippen MR) is 104 cm³/mol. The van der Waals surface area contributed by atoms with E-state index in [-0.39, 0.29) is 29.2 Å². The number of halogens is 2. The number of thioether (sulfide) groups is 1. The van der Waals surface area contributed by atoms with E-state index in [9.17, 15) is 18.4 Å². The molecule has 1 N–H and O–H groups in total. The first-order valence-corrected chi connectivity index (χ1v) is 9.69. The van der Waals surface area contributed by atoms with Crippen molar-refractivity contribution in [2.45, 2.75) is 25.6 Å². The highest BCUT2D eigenvalue weighted by atomic mass is 32.2. The van der Waals surface area contributed by atoms with Crippen molar-refractivity contribution in [1.29, 1.82) is 0 Å². The molecular weight excluding hydrogens is 370 g/mol. The van der Waals surface area contributed by atoms with Crippen molar-refractivity contribution in [3.63, 3.8) is 0 Å². The van der Waals surface area contributed by atoms with Crippen LogP contribution in [-0.2, 0) is 9.59 Å². The number of hydrogen-bond acceptors (Lipinski definition) is 3. The topological polar surface area (TPSA) is 49.4 Å². The quantitative estimate of drug-likeness (QED) is 0.803. The van der Waals surface area contributed by atoms with Gasteiger partial charge in [0, 0.05) is 23.7 Å². The second kappa shape index (κ2) is 8.08. The highest BCUT2D eigenvalue weighted by Gasteiger charge is 2.37. The molecule has 2 aromatic carbocycles. The first-order valence-electron chi connectivity index (χ1n) is 8.64. The zero-order valence-electron chi connectivity index (χ0n) is 15.0. The summed E-state index contributed by atoms with van der Waals surface area (Å²) in [6.45, 7) is 3.90. The van der Waals surface area contributed by atoms with Gasteiger partial charge in [0.05, 0.1) is 11.4 Å². The molecule has 2 aromatic rings. The molecule has 0 aromatic heterocycles. The highest BCUT2D eigenvalue weighted by Crippen LogP contribution is 2.45. The zero-order chi connectivity index (χ0) is 19.6. The average Bonchev–Trinajstić information content (AvgIpc) is 2.98. The van der Waals surface area contributed by atoms with E-state index >= 15 is 0 Å². The Morgan fingerprint density at radius 1 is 1.26 bits per heavy atom. The van der Waals surface area contributed by atoms with Gasteiger partial charge in [-0.25, -0.2) is 8.78 Å². The number of rotatable bonds is 5. The van der Waals surface area contributed by atoms with Crippen molar-refractivity contribution >= 4 is 35.0 Å². The number of nitrogens with zero attached hydrogens (tertiary/aromatic N) is 1. The Hall–Kier alpha value is -2.41. The van der Waals surface area contributed by atoms with Crippen LogP contribution in [0.5, 0.6) is 0 Å². The van der Waals surface area contributed by atoms with E-state index in [0.717, 1.165) is 18.2 Å². The summed E-state index contributed by atoms with van der Waals surface area (Å²) in [5.74, 6) is -1.37. The van der Waals surface area contributed by atoms with Gasteiger partial charge in [-0.2, -0.15) is 0 Å². The van der Waals surface area contributed by atoms with Crippen molar-refractivity contribution in [1.82, 2.24) is 0 Å². The van der Waals surface area contributed by atoms with Crippen molar-refractivity contribution in [3.8, 4) is 0 Å². The lowest BCUT2D eigenvalue weighted by atomic mass is 10.1. The number of benzene rings is 2. The molecule has 0 unspecified atom stereocenters. The van der Waals surface area contributed by atoms with Gasteiger partial charge >= 0.3 is 0 Å². The van der Waals surface area contributed by atoms with Crippen LogP contribution in [0.1, 0.15) is 31.2 Å². The van der Waals surface area contributed by atoms with Gasteiger partial charge in [0.1, 0.15) is 17.0 Å². The molecular formula is C20H20F2N2O2S. The van der Waals surface area contributed by atoms with Crippen LogP contribution >= 0.6 is 11.8 Å². The monoisotopic (exact) mass is 390 g/mol. The summed E-state index contributed by atoms with van der Waals surface area (Å²) in [7, 11) is 0. The molecule has 27 heavy (non-hydrogen) atoms. The third-order valence-corrected chi connectivity index (χ3v) is 5.32. The van der Waals surface area contributed by atoms with Gasteiger partial charge in [0.15, 0.2) is 0 Å². The van der Waals surface area contributed by atoms with Crippen molar-refractivity contribution < 1.29 is 18.4 Å². The Morgan fingerprint density at radius 3 is 2.74 bits per heavy atom. The molecule has 1 atom stereocenters. The molecule has 0 bridgehead atoms. The van der Waals surface area contributed by atoms with Gasteiger partial charge in [-0.15, -0.1) is 11.8 Å². The molecule has 4 nitrogen and oxygen atoms in total. The molecule has 1 aliphatic rings. The summed E-state index contributed by atoms with van der Waals surface area (Å²) < 4.78 is 28.0. The summed E-state index contributed by atoms with van der Waals surface area (Å²) in [5, 5.41) is 2.32. The number of carbonyl (C=O) groups excluding carboxylic acids is 2. The standard InChI is InChI=1S/C20H20F2N2O2S/c1-12(2)9-18(25)23-16-6-4-3-5-14(16)20-24(19(26)11-27-20)17-10-13(21)7-8-15(17)22/h3-8,10,12,20H,9,11H2,1-2H3,(H,23,25)/t20-/m1/s1.